The van der Waals surface area contributed by atoms with Crippen LogP contribution >= 0.6 is 0 Å². The summed E-state index contributed by atoms with van der Waals surface area (Å²) in [6, 6.07) is 0. The molecule has 1 N–H and O–H groups in total. The molecule has 0 aliphatic heterocycles. The van der Waals surface area contributed by atoms with E-state index in [4.69, 9.17) is 0 Å². The molecule has 0 atom stereocenters. The van der Waals surface area contributed by atoms with Crippen LogP contribution in [0.3, 0.4) is 0 Å². The molecule has 0 saturated heterocycles. The molecule has 0 aromatic carbocycles. The fourth-order valence-electron chi connectivity index (χ4n) is 0.707. The molecule has 5 nitrogen and oxygen atoms in total. The Labute approximate surface area is 78.4 Å². The third-order valence-electron chi connectivity index (χ3n) is 1.24. The number of carbonyl (C=O) groups excluding carboxylic acids is 1. The van der Waals surface area contributed by atoms with Crippen LogP contribution in [-0.2, 0) is 14.6 Å². The second-order valence-electron chi connectivity index (χ2n) is 2.63. The molecule has 6 heteroatoms. The summed E-state index contributed by atoms with van der Waals surface area (Å²) in [6.45, 7) is 2.35. The van der Waals surface area contributed by atoms with E-state index < -0.39 is 15.9 Å². The zero-order valence-electron chi connectivity index (χ0n) is 7.87. The third kappa shape index (κ3) is 9.13. The predicted molar refractivity (Wildman–Crippen MR) is 49.4 cm³/mol. The lowest BCUT2D eigenvalue weighted by Gasteiger charge is -2.03. The number of rotatable bonds is 5. The van der Waals surface area contributed by atoms with Gasteiger partial charge in [-0.3, -0.25) is 0 Å². The van der Waals surface area contributed by atoms with Gasteiger partial charge < -0.3 is 10.1 Å². The van der Waals surface area contributed by atoms with Crippen LogP contribution < -0.4 is 5.32 Å². The van der Waals surface area contributed by atoms with E-state index in [-0.39, 0.29) is 5.75 Å². The van der Waals surface area contributed by atoms with Gasteiger partial charge in [0.25, 0.3) is 0 Å². The molecule has 13 heavy (non-hydrogen) atoms. The van der Waals surface area contributed by atoms with E-state index >= 15 is 0 Å². The highest BCUT2D eigenvalue weighted by Crippen LogP contribution is 1.87. The highest BCUT2D eigenvalue weighted by atomic mass is 32.2. The van der Waals surface area contributed by atoms with E-state index in [1.54, 1.807) is 6.92 Å². The van der Waals surface area contributed by atoms with Crippen LogP contribution in [0.5, 0.6) is 0 Å². The van der Waals surface area contributed by atoms with Crippen molar-refractivity contribution in [2.45, 2.75) is 13.3 Å². The molecule has 0 aromatic rings. The molecule has 0 aromatic heterocycles. The van der Waals surface area contributed by atoms with Gasteiger partial charge >= 0.3 is 6.09 Å². The zero-order chi connectivity index (χ0) is 10.3. The van der Waals surface area contributed by atoms with Gasteiger partial charge in [-0.2, -0.15) is 0 Å². The number of nitrogens with one attached hydrogen (secondary N) is 1. The Bertz CT molecular complexity index is 247. The summed E-state index contributed by atoms with van der Waals surface area (Å²) in [5, 5.41) is 2.43. The molecule has 0 bridgehead atoms. The van der Waals surface area contributed by atoms with Crippen molar-refractivity contribution in [3.05, 3.63) is 0 Å². The molecular weight excluding hydrogens is 194 g/mol. The van der Waals surface area contributed by atoms with Crippen molar-refractivity contribution < 1.29 is 17.9 Å². The maximum atomic E-state index is 10.7. The van der Waals surface area contributed by atoms with Gasteiger partial charge in [0.2, 0.25) is 0 Å². The van der Waals surface area contributed by atoms with Crippen molar-refractivity contribution in [2.24, 2.45) is 0 Å². The maximum absolute atomic E-state index is 10.7. The van der Waals surface area contributed by atoms with Crippen molar-refractivity contribution in [2.75, 3.05) is 25.2 Å². The lowest BCUT2D eigenvalue weighted by Crippen LogP contribution is -2.26. The van der Waals surface area contributed by atoms with Gasteiger partial charge in [-0.15, -0.1) is 0 Å². The van der Waals surface area contributed by atoms with E-state index in [9.17, 15) is 13.2 Å². The minimum atomic E-state index is -2.93. The molecule has 0 radical (unpaired) electrons. The maximum Gasteiger partial charge on any atom is 0.407 e. The van der Waals surface area contributed by atoms with Gasteiger partial charge in [-0.1, -0.05) is 0 Å². The van der Waals surface area contributed by atoms with Crippen molar-refractivity contribution in [3.63, 3.8) is 0 Å². The van der Waals surface area contributed by atoms with Crippen LogP contribution in [0.15, 0.2) is 0 Å². The molecule has 0 unspecified atom stereocenters. The Morgan fingerprint density at radius 1 is 1.46 bits per heavy atom. The molecule has 0 fully saturated rings. The number of hydrogen-bond donors (Lipinski definition) is 1. The molecule has 1 amide bonds. The highest BCUT2D eigenvalue weighted by molar-refractivity contribution is 7.90. The van der Waals surface area contributed by atoms with Crippen molar-refractivity contribution in [1.82, 2.24) is 5.32 Å². The summed E-state index contributed by atoms with van der Waals surface area (Å²) < 4.78 is 25.9. The molecule has 0 saturated carbocycles. The van der Waals surface area contributed by atoms with Crippen LogP contribution in [0.2, 0.25) is 0 Å². The second-order valence-corrected chi connectivity index (χ2v) is 4.89. The normalized spacial score (nSPS) is 10.9. The Balaban J connectivity index is 3.41. The van der Waals surface area contributed by atoms with Gasteiger partial charge in [0.1, 0.15) is 9.84 Å². The largest absolute Gasteiger partial charge is 0.450 e. The van der Waals surface area contributed by atoms with Crippen molar-refractivity contribution in [3.8, 4) is 0 Å². The number of alkyl carbamates (subject to hydrolysis) is 1. The smallest absolute Gasteiger partial charge is 0.407 e. The lowest BCUT2D eigenvalue weighted by atomic mass is 10.5. The van der Waals surface area contributed by atoms with Crippen LogP contribution in [0.4, 0.5) is 4.79 Å². The van der Waals surface area contributed by atoms with E-state index in [1.807, 2.05) is 0 Å². The Kier molecular flexibility index (Phi) is 5.45. The summed E-state index contributed by atoms with van der Waals surface area (Å²) in [7, 11) is -2.93. The average molecular weight is 209 g/mol. The molecule has 0 aliphatic rings. The summed E-state index contributed by atoms with van der Waals surface area (Å²) in [4.78, 5) is 10.7. The van der Waals surface area contributed by atoms with Crippen LogP contribution in [0.25, 0.3) is 0 Å². The standard InChI is InChI=1S/C7H15NO4S/c1-3-12-7(9)8-5-4-6-13(2,10)11/h3-6H2,1-2H3,(H,8,9). The molecule has 0 spiro atoms. The fraction of sp³-hybridized carbons (Fsp3) is 0.857. The summed E-state index contributed by atoms with van der Waals surface area (Å²) in [5.74, 6) is 0.0827. The Morgan fingerprint density at radius 3 is 2.54 bits per heavy atom. The number of sulfone groups is 1. The van der Waals surface area contributed by atoms with E-state index in [0.717, 1.165) is 6.26 Å². The molecule has 0 aliphatic carbocycles. The summed E-state index contributed by atoms with van der Waals surface area (Å²) in [6.07, 6.45) is 1.07. The average Bonchev–Trinajstić information content (AvgIpc) is 1.97. The highest BCUT2D eigenvalue weighted by Gasteiger charge is 2.03. The first kappa shape index (κ1) is 12.2. The minimum absolute atomic E-state index is 0.0827. The quantitative estimate of drug-likeness (QED) is 0.655. The van der Waals surface area contributed by atoms with Crippen LogP contribution in [0.1, 0.15) is 13.3 Å². The monoisotopic (exact) mass is 209 g/mol. The molecule has 0 rings (SSSR count). The van der Waals surface area contributed by atoms with E-state index in [1.165, 1.54) is 0 Å². The van der Waals surface area contributed by atoms with Gasteiger partial charge in [0.15, 0.2) is 0 Å². The predicted octanol–water partition coefficient (Wildman–Crippen LogP) is 0.167. The van der Waals surface area contributed by atoms with Gasteiger partial charge in [-0.25, -0.2) is 13.2 Å². The SMILES string of the molecule is CCOC(=O)NCCCS(C)(=O)=O. The molecule has 0 heterocycles. The van der Waals surface area contributed by atoms with Crippen LogP contribution in [0, 0.1) is 0 Å². The van der Waals surface area contributed by atoms with Gasteiger partial charge in [-0.05, 0) is 13.3 Å². The Morgan fingerprint density at radius 2 is 2.08 bits per heavy atom. The number of amides is 1. The Hall–Kier alpha value is -0.780. The van der Waals surface area contributed by atoms with Gasteiger partial charge in [0, 0.05) is 12.8 Å². The number of carbonyl (C=O) groups is 1. The van der Waals surface area contributed by atoms with Crippen LogP contribution in [-0.4, -0.2) is 39.7 Å². The first-order valence-electron chi connectivity index (χ1n) is 4.04. The van der Waals surface area contributed by atoms with Gasteiger partial charge in [0.05, 0.1) is 12.4 Å². The van der Waals surface area contributed by atoms with E-state index in [0.29, 0.717) is 19.6 Å². The number of ether oxygens (including phenoxy) is 1. The topological polar surface area (TPSA) is 72.5 Å². The zero-order valence-corrected chi connectivity index (χ0v) is 8.69. The van der Waals surface area contributed by atoms with Crippen molar-refractivity contribution >= 4 is 15.9 Å². The number of hydrogen-bond acceptors (Lipinski definition) is 4. The third-order valence-corrected chi connectivity index (χ3v) is 2.27. The lowest BCUT2D eigenvalue weighted by molar-refractivity contribution is 0.152. The van der Waals surface area contributed by atoms with Crippen molar-refractivity contribution in [1.29, 1.82) is 0 Å². The second kappa shape index (κ2) is 5.80. The summed E-state index contributed by atoms with van der Waals surface area (Å²) >= 11 is 0. The first-order chi connectivity index (χ1) is 5.95. The fourth-order valence-corrected chi connectivity index (χ4v) is 1.38. The van der Waals surface area contributed by atoms with E-state index in [2.05, 4.69) is 10.1 Å². The minimum Gasteiger partial charge on any atom is -0.450 e. The summed E-state index contributed by atoms with van der Waals surface area (Å²) in [5.41, 5.74) is 0. The first-order valence-corrected chi connectivity index (χ1v) is 6.10. The molecule has 78 valence electrons. The molecular formula is C7H15NO4S.